The molecule has 0 saturated carbocycles. The molecular weight excluding hydrogens is 434 g/mol. The summed E-state index contributed by atoms with van der Waals surface area (Å²) >= 11 is 0. The summed E-state index contributed by atoms with van der Waals surface area (Å²) in [6.45, 7) is 2.79. The lowest BCUT2D eigenvalue weighted by molar-refractivity contribution is -0.136. The van der Waals surface area contributed by atoms with Crippen molar-refractivity contribution in [3.05, 3.63) is 47.9 Å². The molecule has 1 fully saturated rings. The molecule has 1 aromatic heterocycles. The van der Waals surface area contributed by atoms with E-state index in [4.69, 9.17) is 9.15 Å². The Kier molecular flexibility index (Phi) is 6.63. The molecule has 9 nitrogen and oxygen atoms in total. The van der Waals surface area contributed by atoms with E-state index in [2.05, 4.69) is 0 Å². The molecule has 2 aromatic rings. The van der Waals surface area contributed by atoms with Crippen LogP contribution < -0.4 is 4.90 Å². The van der Waals surface area contributed by atoms with Crippen LogP contribution in [0.4, 0.5) is 5.69 Å². The van der Waals surface area contributed by atoms with Gasteiger partial charge in [-0.3, -0.25) is 9.59 Å². The lowest BCUT2D eigenvalue weighted by Gasteiger charge is -2.27. The minimum atomic E-state index is -3.70. The number of fused-ring (bicyclic) bond motifs is 1. The van der Waals surface area contributed by atoms with Gasteiger partial charge in [-0.2, -0.15) is 4.31 Å². The van der Waals surface area contributed by atoms with Crippen LogP contribution in [0, 0.1) is 0 Å². The first-order chi connectivity index (χ1) is 15.4. The number of hydrogen-bond acceptors (Lipinski definition) is 6. The predicted octanol–water partition coefficient (Wildman–Crippen LogP) is 1.63. The number of ether oxygens (including phenoxy) is 1. The van der Waals surface area contributed by atoms with Crippen LogP contribution in [-0.2, 0) is 37.3 Å². The Morgan fingerprint density at radius 3 is 2.53 bits per heavy atom. The summed E-state index contributed by atoms with van der Waals surface area (Å²) in [5.41, 5.74) is 1.52. The van der Waals surface area contributed by atoms with Gasteiger partial charge in [0.05, 0.1) is 30.9 Å². The molecule has 2 aliphatic rings. The first kappa shape index (κ1) is 22.5. The first-order valence-electron chi connectivity index (χ1n) is 10.6. The number of nitrogens with zero attached hydrogens (tertiary/aromatic N) is 3. The molecule has 0 unspecified atom stereocenters. The van der Waals surface area contributed by atoms with Gasteiger partial charge in [-0.25, -0.2) is 8.42 Å². The van der Waals surface area contributed by atoms with Crippen molar-refractivity contribution in [1.82, 2.24) is 9.21 Å². The molecular formula is C22H27N3O6S. The summed E-state index contributed by atoms with van der Waals surface area (Å²) in [6.07, 6.45) is 2.37. The van der Waals surface area contributed by atoms with Crippen molar-refractivity contribution in [3.63, 3.8) is 0 Å². The number of carbonyl (C=O) groups excluding carboxylic acids is 2. The Labute approximate surface area is 187 Å². The Morgan fingerprint density at radius 1 is 1.06 bits per heavy atom. The maximum Gasteiger partial charge on any atom is 0.243 e. The Bertz CT molecular complexity index is 1080. The van der Waals surface area contributed by atoms with E-state index >= 15 is 0 Å². The van der Waals surface area contributed by atoms with Crippen LogP contribution in [0.1, 0.15) is 24.2 Å². The number of morpholine rings is 1. The number of sulfonamides is 1. The van der Waals surface area contributed by atoms with Gasteiger partial charge in [0.25, 0.3) is 0 Å². The normalized spacial score (nSPS) is 16.4. The summed E-state index contributed by atoms with van der Waals surface area (Å²) in [5, 5.41) is 0. The van der Waals surface area contributed by atoms with Crippen molar-refractivity contribution in [3.8, 4) is 0 Å². The standard InChI is InChI=1S/C22H27N3O6S/c1-23(16-18-3-2-12-31-18)32(28,29)19-4-5-20-17(15-19)8-9-25(20)22(27)7-6-21(26)24-10-13-30-14-11-24/h2-5,12,15H,6-11,13-14,16H2,1H3. The molecule has 0 spiro atoms. The fourth-order valence-electron chi connectivity index (χ4n) is 4.00. The zero-order chi connectivity index (χ0) is 22.7. The fourth-order valence-corrected chi connectivity index (χ4v) is 5.19. The van der Waals surface area contributed by atoms with E-state index < -0.39 is 10.0 Å². The van der Waals surface area contributed by atoms with Gasteiger partial charge in [0.15, 0.2) is 0 Å². The van der Waals surface area contributed by atoms with Crippen molar-refractivity contribution in [2.45, 2.75) is 30.7 Å². The molecule has 4 rings (SSSR count). The van der Waals surface area contributed by atoms with Crippen LogP contribution >= 0.6 is 0 Å². The van der Waals surface area contributed by atoms with E-state index in [1.54, 1.807) is 34.1 Å². The number of amides is 2. The Balaban J connectivity index is 1.40. The summed E-state index contributed by atoms with van der Waals surface area (Å²) in [6, 6.07) is 8.28. The molecule has 1 saturated heterocycles. The zero-order valence-electron chi connectivity index (χ0n) is 18.0. The first-order valence-corrected chi connectivity index (χ1v) is 12.1. The molecule has 2 amide bonds. The van der Waals surface area contributed by atoms with Gasteiger partial charge in [0.1, 0.15) is 5.76 Å². The second-order valence-corrected chi connectivity index (χ2v) is 9.96. The van der Waals surface area contributed by atoms with Gasteiger partial charge >= 0.3 is 0 Å². The van der Waals surface area contributed by atoms with Gasteiger partial charge in [-0.1, -0.05) is 0 Å². The maximum atomic E-state index is 13.0. The Morgan fingerprint density at radius 2 is 1.81 bits per heavy atom. The quantitative estimate of drug-likeness (QED) is 0.621. The van der Waals surface area contributed by atoms with Crippen LogP contribution in [0.5, 0.6) is 0 Å². The largest absolute Gasteiger partial charge is 0.468 e. The van der Waals surface area contributed by atoms with E-state index in [1.807, 2.05) is 0 Å². The van der Waals surface area contributed by atoms with Crippen molar-refractivity contribution >= 4 is 27.5 Å². The third-order valence-corrected chi connectivity index (χ3v) is 7.63. The van der Waals surface area contributed by atoms with Gasteiger partial charge in [-0.05, 0) is 42.3 Å². The molecule has 0 N–H and O–H groups in total. The van der Waals surface area contributed by atoms with Crippen LogP contribution in [-0.4, -0.2) is 69.3 Å². The van der Waals surface area contributed by atoms with E-state index in [0.717, 1.165) is 5.56 Å². The van der Waals surface area contributed by atoms with E-state index in [0.29, 0.717) is 50.7 Å². The van der Waals surface area contributed by atoms with Gasteiger partial charge in [-0.15, -0.1) is 0 Å². The van der Waals surface area contributed by atoms with Crippen molar-refractivity contribution in [2.24, 2.45) is 0 Å². The third kappa shape index (κ3) is 4.72. The number of anilines is 1. The predicted molar refractivity (Wildman–Crippen MR) is 116 cm³/mol. The minimum Gasteiger partial charge on any atom is -0.468 e. The number of furan rings is 1. The molecule has 10 heteroatoms. The fraction of sp³-hybridized carbons (Fsp3) is 0.455. The van der Waals surface area contributed by atoms with Crippen molar-refractivity contribution in [1.29, 1.82) is 0 Å². The van der Waals surface area contributed by atoms with Crippen LogP contribution in [0.15, 0.2) is 45.9 Å². The second kappa shape index (κ2) is 9.43. The Hall–Kier alpha value is -2.69. The molecule has 0 atom stereocenters. The maximum absolute atomic E-state index is 13.0. The molecule has 172 valence electrons. The molecule has 32 heavy (non-hydrogen) atoms. The summed E-state index contributed by atoms with van der Waals surface area (Å²) in [5.74, 6) is 0.388. The third-order valence-electron chi connectivity index (χ3n) is 5.83. The number of hydrogen-bond donors (Lipinski definition) is 0. The molecule has 0 aliphatic carbocycles. The number of benzene rings is 1. The summed E-state index contributed by atoms with van der Waals surface area (Å²) in [7, 11) is -2.19. The van der Waals surface area contributed by atoms with Crippen molar-refractivity contribution < 1.29 is 27.2 Å². The van der Waals surface area contributed by atoms with E-state index in [-0.39, 0.29) is 36.1 Å². The second-order valence-electron chi connectivity index (χ2n) is 7.92. The zero-order valence-corrected chi connectivity index (χ0v) is 18.8. The van der Waals surface area contributed by atoms with Crippen LogP contribution in [0.2, 0.25) is 0 Å². The minimum absolute atomic E-state index is 0.0397. The van der Waals surface area contributed by atoms with E-state index in [9.17, 15) is 18.0 Å². The lowest BCUT2D eigenvalue weighted by Crippen LogP contribution is -2.41. The molecule has 1 aromatic carbocycles. The smallest absolute Gasteiger partial charge is 0.243 e. The van der Waals surface area contributed by atoms with Crippen molar-refractivity contribution in [2.75, 3.05) is 44.8 Å². The topological polar surface area (TPSA) is 100 Å². The highest BCUT2D eigenvalue weighted by Crippen LogP contribution is 2.32. The number of carbonyl (C=O) groups is 2. The lowest BCUT2D eigenvalue weighted by atomic mass is 10.2. The van der Waals surface area contributed by atoms with Crippen LogP contribution in [0.3, 0.4) is 0 Å². The molecule has 2 aliphatic heterocycles. The summed E-state index contributed by atoms with van der Waals surface area (Å²) < 4.78 is 37.6. The van der Waals surface area contributed by atoms with Gasteiger partial charge in [0, 0.05) is 45.2 Å². The SMILES string of the molecule is CN(Cc1ccco1)S(=O)(=O)c1ccc2c(c1)CCN2C(=O)CCC(=O)N1CCOCC1. The van der Waals surface area contributed by atoms with E-state index in [1.165, 1.54) is 23.7 Å². The van der Waals surface area contributed by atoms with Crippen LogP contribution in [0.25, 0.3) is 0 Å². The van der Waals surface area contributed by atoms with Gasteiger partial charge in [0.2, 0.25) is 21.8 Å². The molecule has 3 heterocycles. The highest BCUT2D eigenvalue weighted by Gasteiger charge is 2.29. The average molecular weight is 462 g/mol. The highest BCUT2D eigenvalue weighted by molar-refractivity contribution is 7.89. The monoisotopic (exact) mass is 461 g/mol. The average Bonchev–Trinajstić information content (AvgIpc) is 3.47. The molecule has 0 radical (unpaired) electrons. The number of rotatable bonds is 7. The van der Waals surface area contributed by atoms with Gasteiger partial charge < -0.3 is 19.0 Å². The summed E-state index contributed by atoms with van der Waals surface area (Å²) in [4.78, 5) is 28.6. The molecule has 0 bridgehead atoms. The highest BCUT2D eigenvalue weighted by atomic mass is 32.2.